The molecule has 0 aliphatic heterocycles. The molecule has 2 atom stereocenters. The minimum absolute atomic E-state index is 0.0451. The van der Waals surface area contributed by atoms with Crippen molar-refractivity contribution in [1.82, 2.24) is 0 Å². The van der Waals surface area contributed by atoms with Crippen molar-refractivity contribution >= 4 is 19.8 Å². The Morgan fingerprint density at radius 2 is 1.04 bits per heavy atom. The van der Waals surface area contributed by atoms with E-state index >= 15 is 0 Å². The van der Waals surface area contributed by atoms with Gasteiger partial charge < -0.3 is 20.1 Å². The van der Waals surface area contributed by atoms with Crippen LogP contribution in [0.3, 0.4) is 0 Å². The normalized spacial score (nSPS) is 13.7. The predicted octanol–water partition coefficient (Wildman–Crippen LogP) is 11.4. The average Bonchev–Trinajstić information content (AvgIpc) is 3.11. The van der Waals surface area contributed by atoms with Crippen LogP contribution in [-0.4, -0.2) is 49.3 Å². The quantitative estimate of drug-likeness (QED) is 0.0274. The molecule has 0 radical (unpaired) electrons. The minimum atomic E-state index is -4.39. The van der Waals surface area contributed by atoms with Crippen LogP contribution in [0.2, 0.25) is 0 Å². The highest BCUT2D eigenvalue weighted by atomic mass is 31.2. The number of allylic oxidation sites excluding steroid dienone is 6. The van der Waals surface area contributed by atoms with Gasteiger partial charge in [0, 0.05) is 19.4 Å². The molecular weight excluding hydrogens is 665 g/mol. The van der Waals surface area contributed by atoms with Crippen LogP contribution in [0.1, 0.15) is 181 Å². The molecule has 9 nitrogen and oxygen atoms in total. The monoisotopic (exact) mass is 742 g/mol. The summed E-state index contributed by atoms with van der Waals surface area (Å²) in [7, 11) is -4.39. The van der Waals surface area contributed by atoms with Gasteiger partial charge in [0.2, 0.25) is 0 Å². The summed E-state index contributed by atoms with van der Waals surface area (Å²) in [6.07, 6.45) is 40.4. The van der Waals surface area contributed by atoms with Crippen LogP contribution in [0.5, 0.6) is 0 Å². The molecule has 0 aromatic carbocycles. The Morgan fingerprint density at radius 1 is 0.588 bits per heavy atom. The number of hydrogen-bond donors (Lipinski definition) is 2. The molecule has 0 aliphatic carbocycles. The second kappa shape index (κ2) is 38.0. The molecule has 0 saturated heterocycles. The molecule has 0 spiro atoms. The zero-order chi connectivity index (χ0) is 37.5. The van der Waals surface area contributed by atoms with Gasteiger partial charge in [0.15, 0.2) is 6.10 Å². The van der Waals surface area contributed by atoms with Crippen LogP contribution < -0.4 is 5.73 Å². The average molecular weight is 742 g/mol. The third-order valence-electron chi connectivity index (χ3n) is 8.50. The molecule has 1 unspecified atom stereocenters. The number of nitrogens with two attached hydrogens (primary N) is 1. The van der Waals surface area contributed by atoms with Crippen molar-refractivity contribution in [1.29, 1.82) is 0 Å². The fourth-order valence-electron chi connectivity index (χ4n) is 5.43. The van der Waals surface area contributed by atoms with Gasteiger partial charge in [0.05, 0.1) is 13.2 Å². The summed E-state index contributed by atoms with van der Waals surface area (Å²) in [6, 6.07) is 0. The van der Waals surface area contributed by atoms with E-state index in [4.69, 9.17) is 24.3 Å². The molecule has 0 aromatic heterocycles. The molecule has 0 heterocycles. The van der Waals surface area contributed by atoms with Crippen LogP contribution in [0.15, 0.2) is 36.5 Å². The highest BCUT2D eigenvalue weighted by molar-refractivity contribution is 7.47. The summed E-state index contributed by atoms with van der Waals surface area (Å²) < 4.78 is 32.6. The molecule has 10 heteroatoms. The molecule has 0 bridgehead atoms. The fraction of sp³-hybridized carbons (Fsp3) is 0.805. The summed E-state index contributed by atoms with van der Waals surface area (Å²) in [5.74, 6) is -0.900. The van der Waals surface area contributed by atoms with Gasteiger partial charge in [-0.15, -0.1) is 0 Å². The Hall–Kier alpha value is -1.77. The van der Waals surface area contributed by atoms with Gasteiger partial charge in [0.1, 0.15) is 6.61 Å². The zero-order valence-electron chi connectivity index (χ0n) is 32.6. The number of hydrogen-bond acceptors (Lipinski definition) is 8. The zero-order valence-corrected chi connectivity index (χ0v) is 33.5. The largest absolute Gasteiger partial charge is 0.472 e. The number of phosphoric acid groups is 1. The van der Waals surface area contributed by atoms with Gasteiger partial charge in [-0.1, -0.05) is 140 Å². The van der Waals surface area contributed by atoms with Gasteiger partial charge >= 0.3 is 19.8 Å². The maximum atomic E-state index is 12.5. The lowest BCUT2D eigenvalue weighted by molar-refractivity contribution is -0.161. The number of rotatable bonds is 38. The summed E-state index contributed by atoms with van der Waals surface area (Å²) >= 11 is 0. The molecular formula is C41H76NO8P. The van der Waals surface area contributed by atoms with Crippen molar-refractivity contribution in [2.45, 2.75) is 187 Å². The number of esters is 2. The lowest BCUT2D eigenvalue weighted by atomic mass is 10.1. The third kappa shape index (κ3) is 37.8. The van der Waals surface area contributed by atoms with Crippen molar-refractivity contribution in [3.05, 3.63) is 36.5 Å². The van der Waals surface area contributed by atoms with Gasteiger partial charge in [-0.25, -0.2) is 4.57 Å². The van der Waals surface area contributed by atoms with Crippen molar-refractivity contribution in [2.75, 3.05) is 26.4 Å². The lowest BCUT2D eigenvalue weighted by Gasteiger charge is -2.19. The molecule has 51 heavy (non-hydrogen) atoms. The van der Waals surface area contributed by atoms with E-state index < -0.39 is 32.5 Å². The number of carbonyl (C=O) groups is 2. The summed E-state index contributed by atoms with van der Waals surface area (Å²) in [5, 5.41) is 0. The smallest absolute Gasteiger partial charge is 0.462 e. The highest BCUT2D eigenvalue weighted by Gasteiger charge is 2.25. The molecule has 0 saturated carbocycles. The second-order valence-corrected chi connectivity index (χ2v) is 14.9. The predicted molar refractivity (Wildman–Crippen MR) is 210 cm³/mol. The Labute approximate surface area is 312 Å². The number of carbonyl (C=O) groups excluding carboxylic acids is 2. The second-order valence-electron chi connectivity index (χ2n) is 13.5. The number of phosphoric ester groups is 1. The SMILES string of the molecule is CCCCCCCC/C=C/CCCCCC(=O)OC[C@H](COP(=O)(O)OCCN)OC(=O)CCC/C=C/C/C=C/CCCCCCCCCCC. The van der Waals surface area contributed by atoms with Crippen LogP contribution in [0.4, 0.5) is 0 Å². The van der Waals surface area contributed by atoms with E-state index in [0.717, 1.165) is 44.9 Å². The van der Waals surface area contributed by atoms with E-state index in [2.05, 4.69) is 50.3 Å². The van der Waals surface area contributed by atoms with Crippen LogP contribution in [-0.2, 0) is 32.7 Å². The number of ether oxygens (including phenoxy) is 2. The molecule has 0 fully saturated rings. The first-order chi connectivity index (χ1) is 24.8. The van der Waals surface area contributed by atoms with Gasteiger partial charge in [-0.2, -0.15) is 0 Å². The minimum Gasteiger partial charge on any atom is -0.462 e. The van der Waals surface area contributed by atoms with E-state index in [0.29, 0.717) is 12.8 Å². The topological polar surface area (TPSA) is 134 Å². The van der Waals surface area contributed by atoms with Crippen molar-refractivity contribution < 1.29 is 37.6 Å². The Bertz CT molecular complexity index is 939. The molecule has 0 amide bonds. The first-order valence-corrected chi connectivity index (χ1v) is 22.0. The molecule has 0 aromatic rings. The van der Waals surface area contributed by atoms with E-state index in [-0.39, 0.29) is 32.6 Å². The van der Waals surface area contributed by atoms with Crippen LogP contribution >= 0.6 is 7.82 Å². The third-order valence-corrected chi connectivity index (χ3v) is 9.48. The van der Waals surface area contributed by atoms with Gasteiger partial charge in [0.25, 0.3) is 0 Å². The summed E-state index contributed by atoms with van der Waals surface area (Å²) in [5.41, 5.74) is 5.33. The van der Waals surface area contributed by atoms with E-state index in [1.807, 2.05) is 0 Å². The lowest BCUT2D eigenvalue weighted by Crippen LogP contribution is -2.29. The van der Waals surface area contributed by atoms with Crippen molar-refractivity contribution in [3.8, 4) is 0 Å². The molecule has 3 N–H and O–H groups in total. The molecule has 0 aliphatic rings. The van der Waals surface area contributed by atoms with Crippen molar-refractivity contribution in [2.24, 2.45) is 5.73 Å². The standard InChI is InChI=1S/C41H76NO8P/c1-3-5-7-9-11-13-15-17-18-19-20-22-24-26-28-30-32-34-41(44)50-39(38-49-51(45,46)48-36-35-42)37-47-40(43)33-31-29-27-25-23-21-16-14-12-10-8-6-4-2/h20-23,26,28,39H,3-19,24-25,27,29-38,42H2,1-2H3,(H,45,46)/b22-20+,23-21+,28-26+/t39-/m1/s1. The highest BCUT2D eigenvalue weighted by Crippen LogP contribution is 2.43. The van der Waals surface area contributed by atoms with E-state index in [9.17, 15) is 19.0 Å². The fourth-order valence-corrected chi connectivity index (χ4v) is 6.20. The maximum absolute atomic E-state index is 12.5. The summed E-state index contributed by atoms with van der Waals surface area (Å²) in [4.78, 5) is 34.7. The maximum Gasteiger partial charge on any atom is 0.472 e. The van der Waals surface area contributed by atoms with Crippen LogP contribution in [0, 0.1) is 0 Å². The Morgan fingerprint density at radius 3 is 1.57 bits per heavy atom. The summed E-state index contributed by atoms with van der Waals surface area (Å²) in [6.45, 7) is 3.65. The Balaban J connectivity index is 4.27. The Kier molecular flexibility index (Phi) is 36.7. The van der Waals surface area contributed by atoms with Gasteiger partial charge in [-0.3, -0.25) is 18.6 Å². The molecule has 0 rings (SSSR count). The van der Waals surface area contributed by atoms with E-state index in [1.54, 1.807) is 0 Å². The first kappa shape index (κ1) is 49.2. The molecule has 298 valence electrons. The van der Waals surface area contributed by atoms with Crippen molar-refractivity contribution in [3.63, 3.8) is 0 Å². The van der Waals surface area contributed by atoms with E-state index in [1.165, 1.54) is 96.3 Å². The van der Waals surface area contributed by atoms with Crippen LogP contribution in [0.25, 0.3) is 0 Å². The number of unbranched alkanes of at least 4 members (excludes halogenated alkanes) is 19. The van der Waals surface area contributed by atoms with Gasteiger partial charge in [-0.05, 0) is 64.2 Å². The first-order valence-electron chi connectivity index (χ1n) is 20.5.